The quantitative estimate of drug-likeness (QED) is 0.481. The first kappa shape index (κ1) is 17.6. The molecule has 1 aromatic carbocycles. The fourth-order valence-electron chi connectivity index (χ4n) is 2.52. The van der Waals surface area contributed by atoms with E-state index in [1.54, 1.807) is 23.6 Å². The summed E-state index contributed by atoms with van der Waals surface area (Å²) in [5.41, 5.74) is 2.05. The van der Waals surface area contributed by atoms with Gasteiger partial charge in [0.15, 0.2) is 0 Å². The molecule has 4 rings (SSSR count). The predicted molar refractivity (Wildman–Crippen MR) is 107 cm³/mol. The van der Waals surface area contributed by atoms with Crippen molar-refractivity contribution < 1.29 is 9.32 Å². The van der Waals surface area contributed by atoms with E-state index in [0.29, 0.717) is 29.4 Å². The second kappa shape index (κ2) is 7.81. The molecule has 3 aromatic heterocycles. The van der Waals surface area contributed by atoms with Crippen LogP contribution in [0.1, 0.15) is 21.8 Å². The number of rotatable bonds is 5. The number of hydrogen-bond donors (Lipinski definition) is 1. The van der Waals surface area contributed by atoms with Crippen molar-refractivity contribution in [3.63, 3.8) is 0 Å². The van der Waals surface area contributed by atoms with Crippen molar-refractivity contribution in [1.82, 2.24) is 15.1 Å². The molecular formula is C19H13BrN4O2S. The molecule has 6 nitrogen and oxygen atoms in total. The molecule has 0 saturated carbocycles. The van der Waals surface area contributed by atoms with Gasteiger partial charge in [-0.1, -0.05) is 29.4 Å². The maximum atomic E-state index is 12.5. The number of amides is 1. The Balaban J connectivity index is 1.54. The molecule has 0 aliphatic heterocycles. The molecule has 0 radical (unpaired) electrons. The van der Waals surface area contributed by atoms with Crippen LogP contribution in [0.2, 0.25) is 0 Å². The highest BCUT2D eigenvalue weighted by atomic mass is 79.9. The predicted octanol–water partition coefficient (Wildman–Crippen LogP) is 4.80. The zero-order valence-corrected chi connectivity index (χ0v) is 16.3. The van der Waals surface area contributed by atoms with Gasteiger partial charge in [0.2, 0.25) is 11.7 Å². The van der Waals surface area contributed by atoms with Crippen LogP contribution >= 0.6 is 27.3 Å². The van der Waals surface area contributed by atoms with E-state index in [-0.39, 0.29) is 5.91 Å². The second-order valence-corrected chi connectivity index (χ2v) is 7.53. The van der Waals surface area contributed by atoms with Gasteiger partial charge in [-0.25, -0.2) is 0 Å². The maximum absolute atomic E-state index is 12.5. The summed E-state index contributed by atoms with van der Waals surface area (Å²) in [5, 5.41) is 8.91. The minimum absolute atomic E-state index is 0.235. The number of para-hydroxylation sites is 1. The zero-order chi connectivity index (χ0) is 18.6. The van der Waals surface area contributed by atoms with Crippen molar-refractivity contribution in [2.75, 3.05) is 5.32 Å². The van der Waals surface area contributed by atoms with E-state index in [9.17, 15) is 4.79 Å². The number of carbonyl (C=O) groups is 1. The number of anilines is 1. The van der Waals surface area contributed by atoms with Crippen LogP contribution < -0.4 is 5.32 Å². The lowest BCUT2D eigenvalue weighted by molar-refractivity contribution is 0.102. The van der Waals surface area contributed by atoms with Gasteiger partial charge < -0.3 is 9.84 Å². The van der Waals surface area contributed by atoms with Crippen LogP contribution in [0.5, 0.6) is 0 Å². The van der Waals surface area contributed by atoms with Gasteiger partial charge in [0.1, 0.15) is 0 Å². The molecular weight excluding hydrogens is 428 g/mol. The molecule has 4 aromatic rings. The number of pyridine rings is 1. The summed E-state index contributed by atoms with van der Waals surface area (Å²) in [7, 11) is 0. The highest BCUT2D eigenvalue weighted by Gasteiger charge is 2.14. The molecule has 0 unspecified atom stereocenters. The molecule has 0 aliphatic carbocycles. The van der Waals surface area contributed by atoms with Crippen molar-refractivity contribution in [1.29, 1.82) is 0 Å². The normalized spacial score (nSPS) is 10.7. The zero-order valence-electron chi connectivity index (χ0n) is 13.9. The Morgan fingerprint density at radius 3 is 2.89 bits per heavy atom. The van der Waals surface area contributed by atoms with Gasteiger partial charge in [0, 0.05) is 22.6 Å². The Bertz CT molecular complexity index is 1080. The van der Waals surface area contributed by atoms with Gasteiger partial charge in [-0.05, 0) is 45.1 Å². The van der Waals surface area contributed by atoms with Gasteiger partial charge in [0.25, 0.3) is 5.91 Å². The van der Waals surface area contributed by atoms with Gasteiger partial charge in [-0.2, -0.15) is 4.98 Å². The molecule has 27 heavy (non-hydrogen) atoms. The molecule has 3 heterocycles. The Morgan fingerprint density at radius 1 is 1.19 bits per heavy atom. The van der Waals surface area contributed by atoms with E-state index in [4.69, 9.17) is 4.52 Å². The minimum atomic E-state index is -0.235. The third-order valence-corrected chi connectivity index (χ3v) is 5.08. The molecule has 0 aliphatic rings. The number of nitrogens with one attached hydrogen (secondary N) is 1. The summed E-state index contributed by atoms with van der Waals surface area (Å²) in [6.45, 7) is 0. The van der Waals surface area contributed by atoms with Crippen LogP contribution in [-0.4, -0.2) is 21.0 Å². The summed E-state index contributed by atoms with van der Waals surface area (Å²) in [6.07, 6.45) is 3.57. The maximum Gasteiger partial charge on any atom is 0.257 e. The van der Waals surface area contributed by atoms with Crippen molar-refractivity contribution >= 4 is 38.9 Å². The summed E-state index contributed by atoms with van der Waals surface area (Å²) in [4.78, 5) is 21.9. The van der Waals surface area contributed by atoms with E-state index < -0.39 is 0 Å². The molecule has 134 valence electrons. The summed E-state index contributed by atoms with van der Waals surface area (Å²) in [6, 6.07) is 13.1. The first-order valence-corrected chi connectivity index (χ1v) is 9.72. The highest BCUT2D eigenvalue weighted by molar-refractivity contribution is 9.10. The van der Waals surface area contributed by atoms with Crippen molar-refractivity contribution in [2.24, 2.45) is 0 Å². The van der Waals surface area contributed by atoms with Crippen LogP contribution in [0, 0.1) is 0 Å². The van der Waals surface area contributed by atoms with E-state index in [1.165, 1.54) is 6.20 Å². The monoisotopic (exact) mass is 440 g/mol. The lowest BCUT2D eigenvalue weighted by atomic mass is 10.1. The first-order valence-electron chi connectivity index (χ1n) is 8.05. The number of aromatic nitrogens is 3. The Kier molecular flexibility index (Phi) is 5.08. The van der Waals surface area contributed by atoms with Crippen LogP contribution in [-0.2, 0) is 6.42 Å². The average Bonchev–Trinajstić information content (AvgIpc) is 3.35. The average molecular weight is 441 g/mol. The third kappa shape index (κ3) is 4.12. The molecule has 8 heteroatoms. The molecule has 0 saturated heterocycles. The van der Waals surface area contributed by atoms with Crippen LogP contribution in [0.4, 0.5) is 5.69 Å². The topological polar surface area (TPSA) is 80.9 Å². The summed E-state index contributed by atoms with van der Waals surface area (Å²) < 4.78 is 6.12. The van der Waals surface area contributed by atoms with Gasteiger partial charge in [-0.15, -0.1) is 11.3 Å². The third-order valence-electron chi connectivity index (χ3n) is 3.78. The molecule has 0 atom stereocenters. The smallest absolute Gasteiger partial charge is 0.257 e. The molecule has 0 spiro atoms. The number of halogens is 1. The Labute approximate surface area is 167 Å². The van der Waals surface area contributed by atoms with Gasteiger partial charge >= 0.3 is 0 Å². The lowest BCUT2D eigenvalue weighted by Gasteiger charge is -2.09. The summed E-state index contributed by atoms with van der Waals surface area (Å²) >= 11 is 4.88. The number of hydrogen-bond acceptors (Lipinski definition) is 6. The number of nitrogens with zero attached hydrogens (tertiary/aromatic N) is 3. The highest BCUT2D eigenvalue weighted by Crippen LogP contribution is 2.24. The number of benzene rings is 1. The molecule has 0 bridgehead atoms. The molecule has 0 fully saturated rings. The van der Waals surface area contributed by atoms with Crippen molar-refractivity contribution in [3.05, 3.63) is 81.7 Å². The van der Waals surface area contributed by atoms with E-state index in [1.807, 2.05) is 41.8 Å². The number of carbonyl (C=O) groups excluding carboxylic acids is 1. The summed E-state index contributed by atoms with van der Waals surface area (Å²) in [5.74, 6) is 0.826. The fourth-order valence-corrected chi connectivity index (χ4v) is 3.54. The Morgan fingerprint density at radius 2 is 2.07 bits per heavy atom. The van der Waals surface area contributed by atoms with Crippen molar-refractivity contribution in [2.45, 2.75) is 6.42 Å². The minimum Gasteiger partial charge on any atom is -0.339 e. The first-order chi connectivity index (χ1) is 13.2. The van der Waals surface area contributed by atoms with E-state index in [0.717, 1.165) is 14.9 Å². The van der Waals surface area contributed by atoms with Crippen LogP contribution in [0.15, 0.2) is 69.2 Å². The van der Waals surface area contributed by atoms with Gasteiger partial charge in [0.05, 0.1) is 16.9 Å². The van der Waals surface area contributed by atoms with Crippen LogP contribution in [0.25, 0.3) is 10.7 Å². The second-order valence-electron chi connectivity index (χ2n) is 5.67. The van der Waals surface area contributed by atoms with Gasteiger partial charge in [-0.3, -0.25) is 9.78 Å². The SMILES string of the molecule is O=C(Nc1ccccc1Cc1nc(-c2cccs2)no1)c1cncc(Br)c1. The van der Waals surface area contributed by atoms with Crippen molar-refractivity contribution in [3.8, 4) is 10.7 Å². The number of thiophene rings is 1. The largest absolute Gasteiger partial charge is 0.339 e. The fraction of sp³-hybridized carbons (Fsp3) is 0.0526. The lowest BCUT2D eigenvalue weighted by Crippen LogP contribution is -2.13. The van der Waals surface area contributed by atoms with Crippen LogP contribution in [0.3, 0.4) is 0 Å². The Hall–Kier alpha value is -2.84. The van der Waals surface area contributed by atoms with E-state index in [2.05, 4.69) is 36.4 Å². The molecule has 1 N–H and O–H groups in total. The van der Waals surface area contributed by atoms with E-state index >= 15 is 0 Å². The molecule has 1 amide bonds. The standard InChI is InChI=1S/C19H13BrN4O2S/c20-14-8-13(10-21-11-14)19(25)22-15-5-2-1-4-12(15)9-17-23-18(24-26-17)16-6-3-7-27-16/h1-8,10-11H,9H2,(H,22,25).